The van der Waals surface area contributed by atoms with Crippen molar-refractivity contribution in [3.05, 3.63) is 18.2 Å². The number of likely N-dealkylation sites (tertiary alicyclic amines) is 1. The molecule has 4 amide bonds. The SMILES string of the molecule is COC(=O)CNC(=O)C(C)(C)NC(=O)[C@@H]1CCCN1C(=O)[C@H](Cc1cncn1C)NC(=O)OC(C)(C)C. The molecule has 206 valence electrons. The summed E-state index contributed by atoms with van der Waals surface area (Å²) in [5.41, 5.74) is -1.41. The van der Waals surface area contributed by atoms with E-state index in [1.165, 1.54) is 25.9 Å². The van der Waals surface area contributed by atoms with Crippen molar-refractivity contribution < 1.29 is 33.4 Å². The molecule has 0 unspecified atom stereocenters. The highest BCUT2D eigenvalue weighted by Crippen LogP contribution is 2.21. The predicted molar refractivity (Wildman–Crippen MR) is 132 cm³/mol. The number of hydrogen-bond acceptors (Lipinski definition) is 8. The molecule has 2 heterocycles. The standard InChI is InChI=1S/C24H38N6O7/c1-23(2,3)37-22(35)27-16(11-15-12-25-14-29(15)6)20(33)30-10-8-9-17(30)19(32)28-24(4,5)21(34)26-13-18(31)36-7/h12,14,16-17H,8-11,13H2,1-7H3,(H,26,34)(H,27,35)(H,28,32)/t16-,17-/m0/s1. The Balaban J connectivity index is 2.16. The molecule has 13 heteroatoms. The Bertz CT molecular complexity index is 1010. The van der Waals surface area contributed by atoms with E-state index in [4.69, 9.17) is 4.74 Å². The van der Waals surface area contributed by atoms with Gasteiger partial charge in [0, 0.05) is 31.9 Å². The smallest absolute Gasteiger partial charge is 0.408 e. The van der Waals surface area contributed by atoms with Crippen molar-refractivity contribution in [1.29, 1.82) is 0 Å². The summed E-state index contributed by atoms with van der Waals surface area (Å²) in [5, 5.41) is 7.72. The summed E-state index contributed by atoms with van der Waals surface area (Å²) in [6.45, 7) is 8.11. The first-order valence-electron chi connectivity index (χ1n) is 12.1. The van der Waals surface area contributed by atoms with E-state index in [1.807, 2.05) is 0 Å². The summed E-state index contributed by atoms with van der Waals surface area (Å²) in [6, 6.07) is -1.84. The molecule has 0 aliphatic carbocycles. The van der Waals surface area contributed by atoms with E-state index in [9.17, 15) is 24.0 Å². The van der Waals surface area contributed by atoms with Crippen LogP contribution < -0.4 is 16.0 Å². The normalized spacial score (nSPS) is 16.5. The minimum atomic E-state index is -1.36. The van der Waals surface area contributed by atoms with Crippen LogP contribution in [0.4, 0.5) is 4.79 Å². The summed E-state index contributed by atoms with van der Waals surface area (Å²) in [6.07, 6.45) is 3.54. The van der Waals surface area contributed by atoms with Crippen molar-refractivity contribution in [1.82, 2.24) is 30.4 Å². The van der Waals surface area contributed by atoms with E-state index in [0.29, 0.717) is 25.1 Å². The van der Waals surface area contributed by atoms with Gasteiger partial charge in [0.15, 0.2) is 0 Å². The third kappa shape index (κ3) is 8.46. The molecule has 1 aromatic heterocycles. The van der Waals surface area contributed by atoms with Gasteiger partial charge < -0.3 is 34.9 Å². The van der Waals surface area contributed by atoms with E-state index in [0.717, 1.165) is 0 Å². The van der Waals surface area contributed by atoms with Crippen LogP contribution in [-0.4, -0.2) is 87.7 Å². The average molecular weight is 523 g/mol. The highest BCUT2D eigenvalue weighted by atomic mass is 16.6. The van der Waals surface area contributed by atoms with E-state index in [-0.39, 0.29) is 13.0 Å². The zero-order valence-electron chi connectivity index (χ0n) is 22.5. The zero-order valence-corrected chi connectivity index (χ0v) is 22.5. The molecule has 0 aromatic carbocycles. The largest absolute Gasteiger partial charge is 0.468 e. The van der Waals surface area contributed by atoms with Crippen LogP contribution in [-0.2, 0) is 42.1 Å². The topological polar surface area (TPSA) is 161 Å². The second-order valence-electron chi connectivity index (χ2n) is 10.5. The molecule has 1 aromatic rings. The Morgan fingerprint density at radius 3 is 2.41 bits per heavy atom. The Hall–Kier alpha value is -3.64. The van der Waals surface area contributed by atoms with Crippen molar-refractivity contribution in [2.24, 2.45) is 7.05 Å². The number of hydrogen-bond donors (Lipinski definition) is 3. The van der Waals surface area contributed by atoms with Crippen molar-refractivity contribution in [3.63, 3.8) is 0 Å². The number of carbonyl (C=O) groups excluding carboxylic acids is 5. The lowest BCUT2D eigenvalue weighted by molar-refractivity contribution is -0.143. The molecule has 3 N–H and O–H groups in total. The average Bonchev–Trinajstić information content (AvgIpc) is 3.44. The van der Waals surface area contributed by atoms with Crippen LogP contribution in [0.2, 0.25) is 0 Å². The Morgan fingerprint density at radius 2 is 1.84 bits per heavy atom. The molecule has 2 atom stereocenters. The predicted octanol–water partition coefficient (Wildman–Crippen LogP) is 0.0309. The molecule has 13 nitrogen and oxygen atoms in total. The molecule has 1 fully saturated rings. The van der Waals surface area contributed by atoms with Crippen molar-refractivity contribution >= 4 is 29.8 Å². The summed E-state index contributed by atoms with van der Waals surface area (Å²) < 4.78 is 11.6. The van der Waals surface area contributed by atoms with E-state index in [2.05, 4.69) is 25.7 Å². The highest BCUT2D eigenvalue weighted by Gasteiger charge is 2.41. The molecule has 0 spiro atoms. The number of rotatable bonds is 9. The first-order valence-corrected chi connectivity index (χ1v) is 12.1. The minimum absolute atomic E-state index is 0.140. The monoisotopic (exact) mass is 522 g/mol. The summed E-state index contributed by atoms with van der Waals surface area (Å²) in [7, 11) is 2.98. The second-order valence-corrected chi connectivity index (χ2v) is 10.5. The number of esters is 1. The number of alkyl carbamates (subject to hydrolysis) is 1. The van der Waals surface area contributed by atoms with Gasteiger partial charge in [-0.05, 0) is 47.5 Å². The lowest BCUT2D eigenvalue weighted by Crippen LogP contribution is -2.60. The van der Waals surface area contributed by atoms with Crippen LogP contribution >= 0.6 is 0 Å². The number of imidazole rings is 1. The fraction of sp³-hybridized carbons (Fsp3) is 0.667. The lowest BCUT2D eigenvalue weighted by Gasteiger charge is -2.32. The van der Waals surface area contributed by atoms with Crippen LogP contribution in [0.3, 0.4) is 0 Å². The number of nitrogens with one attached hydrogen (secondary N) is 3. The number of methoxy groups -OCH3 is 1. The van der Waals surface area contributed by atoms with Crippen LogP contribution in [0.5, 0.6) is 0 Å². The van der Waals surface area contributed by atoms with Gasteiger partial charge in [-0.25, -0.2) is 9.78 Å². The van der Waals surface area contributed by atoms with Gasteiger partial charge in [0.05, 0.1) is 13.4 Å². The van der Waals surface area contributed by atoms with E-state index in [1.54, 1.807) is 44.9 Å². The van der Waals surface area contributed by atoms with Crippen LogP contribution in [0, 0.1) is 0 Å². The number of carbonyl (C=O) groups is 5. The number of aryl methyl sites for hydroxylation is 1. The summed E-state index contributed by atoms with van der Waals surface area (Å²) >= 11 is 0. The molecular formula is C24H38N6O7. The quantitative estimate of drug-likeness (QED) is 0.383. The van der Waals surface area contributed by atoms with Crippen molar-refractivity contribution in [2.75, 3.05) is 20.2 Å². The summed E-state index contributed by atoms with van der Waals surface area (Å²) in [4.78, 5) is 68.7. The molecule has 1 saturated heterocycles. The molecule has 0 bridgehead atoms. The van der Waals surface area contributed by atoms with E-state index < -0.39 is 53.0 Å². The number of ether oxygens (including phenoxy) is 2. The van der Waals surface area contributed by atoms with Crippen LogP contribution in [0.1, 0.15) is 53.2 Å². The van der Waals surface area contributed by atoms with Crippen LogP contribution in [0.25, 0.3) is 0 Å². The Kier molecular flexibility index (Phi) is 9.65. The van der Waals surface area contributed by atoms with Gasteiger partial charge in [0.25, 0.3) is 0 Å². The van der Waals surface area contributed by atoms with Gasteiger partial charge >= 0.3 is 12.1 Å². The molecule has 1 aliphatic rings. The lowest BCUT2D eigenvalue weighted by atomic mass is 10.0. The molecular weight excluding hydrogens is 484 g/mol. The van der Waals surface area contributed by atoms with Gasteiger partial charge in [-0.3, -0.25) is 19.2 Å². The molecule has 1 aliphatic heterocycles. The molecule has 0 saturated carbocycles. The van der Waals surface area contributed by atoms with Crippen LogP contribution in [0.15, 0.2) is 12.5 Å². The van der Waals surface area contributed by atoms with Crippen molar-refractivity contribution in [2.45, 2.75) is 77.1 Å². The number of nitrogens with zero attached hydrogens (tertiary/aromatic N) is 3. The number of amides is 4. The van der Waals surface area contributed by atoms with E-state index >= 15 is 0 Å². The van der Waals surface area contributed by atoms with Gasteiger partial charge in [-0.1, -0.05) is 0 Å². The second kappa shape index (κ2) is 12.1. The van der Waals surface area contributed by atoms with Gasteiger partial charge in [0.1, 0.15) is 29.8 Å². The van der Waals surface area contributed by atoms with Gasteiger partial charge in [-0.2, -0.15) is 0 Å². The third-order valence-corrected chi connectivity index (χ3v) is 5.78. The minimum Gasteiger partial charge on any atom is -0.468 e. The third-order valence-electron chi connectivity index (χ3n) is 5.78. The maximum atomic E-state index is 13.6. The fourth-order valence-corrected chi connectivity index (χ4v) is 3.84. The maximum absolute atomic E-state index is 13.6. The van der Waals surface area contributed by atoms with Gasteiger partial charge in [0.2, 0.25) is 17.7 Å². The fourth-order valence-electron chi connectivity index (χ4n) is 3.84. The Morgan fingerprint density at radius 1 is 1.16 bits per heavy atom. The molecule has 37 heavy (non-hydrogen) atoms. The summed E-state index contributed by atoms with van der Waals surface area (Å²) in [5.74, 6) is -2.17. The Labute approximate surface area is 216 Å². The first-order chi connectivity index (χ1) is 17.1. The first kappa shape index (κ1) is 29.6. The highest BCUT2D eigenvalue weighted by molar-refractivity contribution is 5.96. The molecule has 2 rings (SSSR count). The zero-order chi connectivity index (χ0) is 28.0. The molecule has 0 radical (unpaired) electrons. The number of aromatic nitrogens is 2. The maximum Gasteiger partial charge on any atom is 0.408 e. The van der Waals surface area contributed by atoms with Crippen molar-refractivity contribution in [3.8, 4) is 0 Å². The van der Waals surface area contributed by atoms with Gasteiger partial charge in [-0.15, -0.1) is 0 Å².